The molecule has 0 aliphatic rings. The molecule has 0 aliphatic heterocycles. The van der Waals surface area contributed by atoms with Crippen LogP contribution in [-0.4, -0.2) is 32.3 Å². The van der Waals surface area contributed by atoms with E-state index in [1.807, 2.05) is 97.1 Å². The predicted molar refractivity (Wildman–Crippen MR) is 143 cm³/mol. The number of carbonyl (C=O) groups excluding carboxylic acids is 1. The van der Waals surface area contributed by atoms with E-state index in [1.54, 1.807) is 0 Å². The van der Waals surface area contributed by atoms with Crippen LogP contribution in [0, 0.1) is 0 Å². The van der Waals surface area contributed by atoms with Gasteiger partial charge in [-0.05, 0) is 66.2 Å². The average Bonchev–Trinajstić information content (AvgIpc) is 2.93. The molecule has 4 aromatic carbocycles. The van der Waals surface area contributed by atoms with Gasteiger partial charge in [0, 0.05) is 17.8 Å². The van der Waals surface area contributed by atoms with Crippen molar-refractivity contribution >= 4 is 17.3 Å². The number of anilines is 2. The Hall–Kier alpha value is -4.45. The Morgan fingerprint density at radius 1 is 0.556 bits per heavy atom. The molecule has 0 saturated carbocycles. The highest BCUT2D eigenvalue weighted by molar-refractivity contribution is 5.93. The lowest BCUT2D eigenvalue weighted by atomic mass is 10.2. The second-order valence-corrected chi connectivity index (χ2v) is 8.04. The van der Waals surface area contributed by atoms with Gasteiger partial charge in [0.2, 0.25) is 5.91 Å². The first-order valence-corrected chi connectivity index (χ1v) is 12.0. The quantitative estimate of drug-likeness (QED) is 0.235. The summed E-state index contributed by atoms with van der Waals surface area (Å²) in [6, 6.07) is 34.7. The summed E-state index contributed by atoms with van der Waals surface area (Å²) in [6.45, 7) is 1.66. The number of amides is 1. The summed E-state index contributed by atoms with van der Waals surface area (Å²) < 4.78 is 17.1. The minimum atomic E-state index is -0.136. The van der Waals surface area contributed by atoms with Crippen molar-refractivity contribution in [1.82, 2.24) is 0 Å². The highest BCUT2D eigenvalue weighted by Gasteiger charge is 2.04. The van der Waals surface area contributed by atoms with E-state index in [0.717, 1.165) is 23.6 Å². The van der Waals surface area contributed by atoms with Crippen molar-refractivity contribution in [3.8, 4) is 17.2 Å². The molecule has 4 rings (SSSR count). The molecule has 0 unspecified atom stereocenters. The van der Waals surface area contributed by atoms with Crippen LogP contribution in [0.1, 0.15) is 5.56 Å². The average molecular weight is 483 g/mol. The van der Waals surface area contributed by atoms with Gasteiger partial charge in [0.15, 0.2) is 0 Å². The lowest BCUT2D eigenvalue weighted by molar-refractivity contribution is -0.114. The Kier molecular flexibility index (Phi) is 9.21. The molecule has 0 saturated heterocycles. The van der Waals surface area contributed by atoms with E-state index in [9.17, 15) is 4.79 Å². The standard InChI is InChI=1S/C30H30N2O4/c33-30(23-31-25-11-15-28(16-12-25)34-20-19-24-7-3-1-4-8-24)32-26-13-17-29(18-14-26)36-22-21-35-27-9-5-2-6-10-27/h1-18,31H,19-23H2,(H,32,33). The van der Waals surface area contributed by atoms with E-state index < -0.39 is 0 Å². The van der Waals surface area contributed by atoms with Crippen molar-refractivity contribution in [3.63, 3.8) is 0 Å². The minimum Gasteiger partial charge on any atom is -0.493 e. The number of hydrogen-bond acceptors (Lipinski definition) is 5. The largest absolute Gasteiger partial charge is 0.493 e. The van der Waals surface area contributed by atoms with E-state index >= 15 is 0 Å². The zero-order valence-corrected chi connectivity index (χ0v) is 20.1. The van der Waals surface area contributed by atoms with Gasteiger partial charge in [-0.15, -0.1) is 0 Å². The third-order valence-corrected chi connectivity index (χ3v) is 5.31. The van der Waals surface area contributed by atoms with Gasteiger partial charge in [-0.1, -0.05) is 48.5 Å². The summed E-state index contributed by atoms with van der Waals surface area (Å²) in [6.07, 6.45) is 0.858. The normalized spacial score (nSPS) is 10.3. The van der Waals surface area contributed by atoms with Gasteiger partial charge < -0.3 is 24.8 Å². The van der Waals surface area contributed by atoms with Crippen molar-refractivity contribution < 1.29 is 19.0 Å². The molecule has 0 fully saturated rings. The molecule has 0 heterocycles. The van der Waals surface area contributed by atoms with Crippen molar-refractivity contribution in [1.29, 1.82) is 0 Å². The Bertz CT molecular complexity index is 1180. The van der Waals surface area contributed by atoms with Crippen LogP contribution in [0.5, 0.6) is 17.2 Å². The molecule has 0 bridgehead atoms. The first kappa shape index (κ1) is 24.7. The molecule has 0 radical (unpaired) electrons. The van der Waals surface area contributed by atoms with E-state index in [0.29, 0.717) is 31.3 Å². The smallest absolute Gasteiger partial charge is 0.243 e. The number of nitrogens with one attached hydrogen (secondary N) is 2. The number of ether oxygens (including phenoxy) is 3. The fraction of sp³-hybridized carbons (Fsp3) is 0.167. The molecular formula is C30H30N2O4. The Labute approximate surface area is 211 Å². The van der Waals surface area contributed by atoms with E-state index in [2.05, 4.69) is 22.8 Å². The van der Waals surface area contributed by atoms with Gasteiger partial charge in [-0.3, -0.25) is 4.79 Å². The van der Waals surface area contributed by atoms with Gasteiger partial charge in [0.25, 0.3) is 0 Å². The maximum atomic E-state index is 12.3. The molecule has 0 aromatic heterocycles. The molecular weight excluding hydrogens is 452 g/mol. The maximum absolute atomic E-state index is 12.3. The summed E-state index contributed by atoms with van der Waals surface area (Å²) in [5.41, 5.74) is 2.80. The number of carbonyl (C=O) groups is 1. The predicted octanol–water partition coefficient (Wildman–Crippen LogP) is 5.82. The Morgan fingerprint density at radius 3 is 1.67 bits per heavy atom. The lowest BCUT2D eigenvalue weighted by Gasteiger charge is -2.11. The first-order valence-electron chi connectivity index (χ1n) is 12.0. The van der Waals surface area contributed by atoms with Gasteiger partial charge in [-0.2, -0.15) is 0 Å². The summed E-state index contributed by atoms with van der Waals surface area (Å²) >= 11 is 0. The highest BCUT2D eigenvalue weighted by Crippen LogP contribution is 2.18. The first-order chi connectivity index (χ1) is 17.7. The van der Waals surface area contributed by atoms with Gasteiger partial charge in [-0.25, -0.2) is 0 Å². The van der Waals surface area contributed by atoms with E-state index in [-0.39, 0.29) is 12.5 Å². The fourth-order valence-corrected chi connectivity index (χ4v) is 3.46. The van der Waals surface area contributed by atoms with Crippen LogP contribution < -0.4 is 24.8 Å². The Morgan fingerprint density at radius 2 is 1.06 bits per heavy atom. The van der Waals surface area contributed by atoms with Gasteiger partial charge in [0.05, 0.1) is 13.2 Å². The fourth-order valence-electron chi connectivity index (χ4n) is 3.46. The van der Waals surface area contributed by atoms with Crippen LogP contribution in [0.3, 0.4) is 0 Å². The van der Waals surface area contributed by atoms with Gasteiger partial charge in [0.1, 0.15) is 30.5 Å². The number of para-hydroxylation sites is 1. The van der Waals surface area contributed by atoms with Crippen LogP contribution in [0.4, 0.5) is 11.4 Å². The SMILES string of the molecule is O=C(CNc1ccc(OCCc2ccccc2)cc1)Nc1ccc(OCCOc2ccccc2)cc1. The molecule has 184 valence electrons. The summed E-state index contributed by atoms with van der Waals surface area (Å²) in [7, 11) is 0. The molecule has 4 aromatic rings. The molecule has 6 nitrogen and oxygen atoms in total. The number of rotatable bonds is 13. The lowest BCUT2D eigenvalue weighted by Crippen LogP contribution is -2.21. The molecule has 0 spiro atoms. The third-order valence-electron chi connectivity index (χ3n) is 5.31. The molecule has 1 amide bonds. The second-order valence-electron chi connectivity index (χ2n) is 8.04. The molecule has 0 aliphatic carbocycles. The van der Waals surface area contributed by atoms with Crippen LogP contribution in [-0.2, 0) is 11.2 Å². The van der Waals surface area contributed by atoms with Crippen LogP contribution in [0.25, 0.3) is 0 Å². The molecule has 6 heteroatoms. The zero-order valence-electron chi connectivity index (χ0n) is 20.1. The molecule has 0 atom stereocenters. The summed E-state index contributed by atoms with van der Waals surface area (Å²) in [5.74, 6) is 2.20. The van der Waals surface area contributed by atoms with Crippen LogP contribution >= 0.6 is 0 Å². The van der Waals surface area contributed by atoms with Crippen molar-refractivity contribution in [2.24, 2.45) is 0 Å². The summed E-state index contributed by atoms with van der Waals surface area (Å²) in [4.78, 5) is 12.3. The van der Waals surface area contributed by atoms with Crippen molar-refractivity contribution in [2.75, 3.05) is 37.0 Å². The minimum absolute atomic E-state index is 0.136. The molecule has 2 N–H and O–H groups in total. The monoisotopic (exact) mass is 482 g/mol. The highest BCUT2D eigenvalue weighted by atomic mass is 16.5. The van der Waals surface area contributed by atoms with Crippen molar-refractivity contribution in [3.05, 3.63) is 115 Å². The third kappa shape index (κ3) is 8.40. The van der Waals surface area contributed by atoms with E-state index in [1.165, 1.54) is 5.56 Å². The maximum Gasteiger partial charge on any atom is 0.243 e. The summed E-state index contributed by atoms with van der Waals surface area (Å²) in [5, 5.41) is 6.00. The Balaban J connectivity index is 1.12. The second kappa shape index (κ2) is 13.4. The van der Waals surface area contributed by atoms with Crippen molar-refractivity contribution in [2.45, 2.75) is 6.42 Å². The number of benzene rings is 4. The van der Waals surface area contributed by atoms with Crippen LogP contribution in [0.2, 0.25) is 0 Å². The topological polar surface area (TPSA) is 68.8 Å². The molecule has 36 heavy (non-hydrogen) atoms. The van der Waals surface area contributed by atoms with E-state index in [4.69, 9.17) is 14.2 Å². The zero-order chi connectivity index (χ0) is 24.8. The van der Waals surface area contributed by atoms with Crippen LogP contribution in [0.15, 0.2) is 109 Å². The van der Waals surface area contributed by atoms with Gasteiger partial charge >= 0.3 is 0 Å². The number of hydrogen-bond donors (Lipinski definition) is 2.